The number of nitrogens with one attached hydrogen (secondary N) is 2. The van der Waals surface area contributed by atoms with Gasteiger partial charge in [0.1, 0.15) is 0 Å². The van der Waals surface area contributed by atoms with Gasteiger partial charge in [-0.3, -0.25) is 4.99 Å². The molecule has 1 aromatic carbocycles. The van der Waals surface area contributed by atoms with Crippen molar-refractivity contribution in [1.82, 2.24) is 10.6 Å². The normalized spacial score (nSPS) is 17.9. The number of hydrogen-bond donors (Lipinski definition) is 2. The number of benzene rings is 1. The van der Waals surface area contributed by atoms with Crippen LogP contribution in [0.4, 0.5) is 8.78 Å². The second-order valence-corrected chi connectivity index (χ2v) is 5.31. The maximum Gasteiger partial charge on any atom is 0.387 e. The van der Waals surface area contributed by atoms with Gasteiger partial charge in [0, 0.05) is 26.7 Å². The van der Waals surface area contributed by atoms with Gasteiger partial charge < -0.3 is 24.8 Å². The van der Waals surface area contributed by atoms with Crippen LogP contribution < -0.4 is 20.1 Å². The molecule has 1 unspecified atom stereocenters. The van der Waals surface area contributed by atoms with Gasteiger partial charge in [0.25, 0.3) is 0 Å². The predicted molar refractivity (Wildman–Crippen MR) is 86.8 cm³/mol. The van der Waals surface area contributed by atoms with E-state index in [0.29, 0.717) is 19.0 Å². The van der Waals surface area contributed by atoms with E-state index in [9.17, 15) is 8.78 Å². The first-order valence-electron chi connectivity index (χ1n) is 7.80. The molecule has 1 aliphatic rings. The van der Waals surface area contributed by atoms with Crippen molar-refractivity contribution in [1.29, 1.82) is 0 Å². The van der Waals surface area contributed by atoms with Crippen LogP contribution >= 0.6 is 0 Å². The lowest BCUT2D eigenvalue weighted by Gasteiger charge is -2.16. The van der Waals surface area contributed by atoms with Crippen molar-refractivity contribution < 1.29 is 23.0 Å². The van der Waals surface area contributed by atoms with Crippen LogP contribution in [0.1, 0.15) is 18.4 Å². The Kier molecular flexibility index (Phi) is 7.05. The van der Waals surface area contributed by atoms with E-state index in [2.05, 4.69) is 20.4 Å². The molecule has 2 N–H and O–H groups in total. The minimum absolute atomic E-state index is 0.00843. The molecular weight excluding hydrogens is 320 g/mol. The Labute approximate surface area is 140 Å². The summed E-state index contributed by atoms with van der Waals surface area (Å²) in [6.07, 6.45) is 2.32. The largest absolute Gasteiger partial charge is 0.493 e. The first-order valence-corrected chi connectivity index (χ1v) is 7.80. The highest BCUT2D eigenvalue weighted by Gasteiger charge is 2.15. The lowest BCUT2D eigenvalue weighted by molar-refractivity contribution is -0.0512. The van der Waals surface area contributed by atoms with Gasteiger partial charge in [-0.1, -0.05) is 6.07 Å². The van der Waals surface area contributed by atoms with Gasteiger partial charge in [-0.15, -0.1) is 0 Å². The van der Waals surface area contributed by atoms with Crippen LogP contribution in [0.25, 0.3) is 0 Å². The Morgan fingerprint density at radius 1 is 1.38 bits per heavy atom. The average Bonchev–Trinajstić information content (AvgIpc) is 3.08. The molecule has 24 heavy (non-hydrogen) atoms. The molecule has 6 nitrogen and oxygen atoms in total. The maximum absolute atomic E-state index is 12.5. The molecule has 1 atom stereocenters. The molecule has 1 saturated heterocycles. The van der Waals surface area contributed by atoms with Crippen LogP contribution in [-0.2, 0) is 11.3 Å². The van der Waals surface area contributed by atoms with Crippen LogP contribution in [0.5, 0.6) is 11.5 Å². The molecule has 0 radical (unpaired) electrons. The van der Waals surface area contributed by atoms with Gasteiger partial charge >= 0.3 is 6.61 Å². The lowest BCUT2D eigenvalue weighted by atomic mass is 10.2. The van der Waals surface area contributed by atoms with Gasteiger partial charge in [0.05, 0.1) is 13.2 Å². The number of guanidine groups is 1. The van der Waals surface area contributed by atoms with E-state index in [1.807, 2.05) is 0 Å². The summed E-state index contributed by atoms with van der Waals surface area (Å²) in [6, 6.07) is 4.89. The van der Waals surface area contributed by atoms with Gasteiger partial charge in [-0.05, 0) is 30.5 Å². The second kappa shape index (κ2) is 9.27. The Balaban J connectivity index is 1.89. The molecule has 0 amide bonds. The molecule has 1 aliphatic heterocycles. The topological polar surface area (TPSA) is 64.1 Å². The monoisotopic (exact) mass is 343 g/mol. The first-order chi connectivity index (χ1) is 11.6. The summed E-state index contributed by atoms with van der Waals surface area (Å²) < 4.78 is 39.9. The van der Waals surface area contributed by atoms with E-state index in [1.54, 1.807) is 19.2 Å². The van der Waals surface area contributed by atoms with Crippen molar-refractivity contribution in [3.63, 3.8) is 0 Å². The fraction of sp³-hybridized carbons (Fsp3) is 0.562. The summed E-state index contributed by atoms with van der Waals surface area (Å²) >= 11 is 0. The van der Waals surface area contributed by atoms with Crippen molar-refractivity contribution in [2.75, 3.05) is 27.3 Å². The molecule has 0 aliphatic carbocycles. The van der Waals surface area contributed by atoms with Crippen LogP contribution in [0.15, 0.2) is 23.2 Å². The van der Waals surface area contributed by atoms with Crippen molar-refractivity contribution in [3.8, 4) is 11.5 Å². The van der Waals surface area contributed by atoms with Crippen molar-refractivity contribution in [3.05, 3.63) is 23.8 Å². The van der Waals surface area contributed by atoms with Crippen LogP contribution in [0.3, 0.4) is 0 Å². The molecule has 1 fully saturated rings. The number of nitrogens with zero attached hydrogens (tertiary/aromatic N) is 1. The quantitative estimate of drug-likeness (QED) is 0.587. The van der Waals surface area contributed by atoms with Crippen molar-refractivity contribution in [2.24, 2.45) is 4.99 Å². The Morgan fingerprint density at radius 2 is 2.21 bits per heavy atom. The van der Waals surface area contributed by atoms with Gasteiger partial charge in [0.15, 0.2) is 17.5 Å². The molecule has 1 heterocycles. The van der Waals surface area contributed by atoms with Crippen molar-refractivity contribution >= 4 is 5.96 Å². The molecule has 1 aromatic rings. The highest BCUT2D eigenvalue weighted by atomic mass is 19.3. The zero-order valence-electron chi connectivity index (χ0n) is 13.9. The Bertz CT molecular complexity index is 549. The highest BCUT2D eigenvalue weighted by Crippen LogP contribution is 2.29. The number of alkyl halides is 2. The van der Waals surface area contributed by atoms with E-state index < -0.39 is 6.61 Å². The third kappa shape index (κ3) is 5.52. The van der Waals surface area contributed by atoms with E-state index in [1.165, 1.54) is 13.2 Å². The summed E-state index contributed by atoms with van der Waals surface area (Å²) in [5.74, 6) is 0.895. The molecule has 0 bridgehead atoms. The lowest BCUT2D eigenvalue weighted by Crippen LogP contribution is -2.40. The predicted octanol–water partition coefficient (Wildman–Crippen LogP) is 2.14. The number of rotatable bonds is 7. The van der Waals surface area contributed by atoms with E-state index in [0.717, 1.165) is 25.0 Å². The smallest absolute Gasteiger partial charge is 0.387 e. The minimum atomic E-state index is -2.90. The van der Waals surface area contributed by atoms with Crippen molar-refractivity contribution in [2.45, 2.75) is 32.1 Å². The molecule has 0 aromatic heterocycles. The molecule has 134 valence electrons. The molecular formula is C16H23F2N3O3. The zero-order valence-corrected chi connectivity index (χ0v) is 13.9. The van der Waals surface area contributed by atoms with Gasteiger partial charge in [0.2, 0.25) is 0 Å². The number of halogens is 2. The SMILES string of the molecule is CN=C(NCc1ccc(OC)c(OC(F)F)c1)NCC1CCCO1. The molecule has 8 heteroatoms. The van der Waals surface area contributed by atoms with Gasteiger partial charge in [-0.2, -0.15) is 8.78 Å². The fourth-order valence-corrected chi connectivity index (χ4v) is 2.44. The summed E-state index contributed by atoms with van der Waals surface area (Å²) in [4.78, 5) is 4.13. The molecule has 0 spiro atoms. The number of aliphatic imine (C=N–C) groups is 1. The number of ether oxygens (including phenoxy) is 3. The Morgan fingerprint density at radius 3 is 2.83 bits per heavy atom. The summed E-state index contributed by atoms with van der Waals surface area (Å²) in [5, 5.41) is 6.32. The van der Waals surface area contributed by atoms with Crippen LogP contribution in [0.2, 0.25) is 0 Å². The second-order valence-electron chi connectivity index (χ2n) is 5.31. The maximum atomic E-state index is 12.5. The third-order valence-electron chi connectivity index (χ3n) is 3.65. The van der Waals surface area contributed by atoms with Gasteiger partial charge in [-0.25, -0.2) is 0 Å². The third-order valence-corrected chi connectivity index (χ3v) is 3.65. The van der Waals surface area contributed by atoms with Crippen LogP contribution in [0, 0.1) is 0 Å². The van der Waals surface area contributed by atoms with Crippen LogP contribution in [-0.4, -0.2) is 46.0 Å². The Hall–Kier alpha value is -2.09. The standard InChI is InChI=1S/C16H23F2N3O3/c1-19-16(21-10-12-4-3-7-23-12)20-9-11-5-6-13(22-2)14(8-11)24-15(17)18/h5-6,8,12,15H,3-4,7,9-10H2,1-2H3,(H2,19,20,21). The fourth-order valence-electron chi connectivity index (χ4n) is 2.44. The van der Waals surface area contributed by atoms with E-state index in [4.69, 9.17) is 9.47 Å². The number of hydrogen-bond acceptors (Lipinski definition) is 4. The zero-order chi connectivity index (χ0) is 17.4. The van der Waals surface area contributed by atoms with E-state index >= 15 is 0 Å². The highest BCUT2D eigenvalue weighted by molar-refractivity contribution is 5.79. The van der Waals surface area contributed by atoms with E-state index in [-0.39, 0.29) is 17.6 Å². The molecule has 2 rings (SSSR count). The number of methoxy groups -OCH3 is 1. The summed E-state index contributed by atoms with van der Waals surface area (Å²) in [7, 11) is 3.08. The summed E-state index contributed by atoms with van der Waals surface area (Å²) in [5.41, 5.74) is 0.770. The average molecular weight is 343 g/mol. The summed E-state index contributed by atoms with van der Waals surface area (Å²) in [6.45, 7) is -1.00. The first kappa shape index (κ1) is 18.3. The minimum Gasteiger partial charge on any atom is -0.493 e. The molecule has 0 saturated carbocycles.